The van der Waals surface area contributed by atoms with Crippen LogP contribution in [-0.2, 0) is 44.4 Å². The molecule has 206 valence electrons. The third kappa shape index (κ3) is 13.8. The Hall–Kier alpha value is -3.13. The van der Waals surface area contributed by atoms with Gasteiger partial charge < -0.3 is 28.4 Å². The maximum atomic E-state index is 11.0. The third-order valence-electron chi connectivity index (χ3n) is 5.26. The number of hydrogen-bond acceptors (Lipinski definition) is 3. The number of carbonyl (C=O) groups is 1. The van der Waals surface area contributed by atoms with Crippen molar-refractivity contribution in [2.75, 3.05) is 5.75 Å². The van der Waals surface area contributed by atoms with E-state index in [4.69, 9.17) is 23.1 Å². The number of nitrogens with zero attached hydrogens (tertiary/aromatic N) is 1. The number of benzene rings is 4. The van der Waals surface area contributed by atoms with Gasteiger partial charge in [-0.3, -0.25) is 4.79 Å². The Morgan fingerprint density at radius 1 is 0.625 bits per heavy atom. The minimum absolute atomic E-state index is 0. The van der Waals surface area contributed by atoms with Crippen molar-refractivity contribution >= 4 is 42.4 Å². The average molecular weight is 738 g/mol. The third-order valence-corrected chi connectivity index (χ3v) is 7.91. The molecule has 0 saturated heterocycles. The Balaban J connectivity index is 0.000000330. The first-order chi connectivity index (χ1) is 19.3. The molecule has 1 amide bonds. The Morgan fingerprint density at radius 3 is 1.32 bits per heavy atom. The Morgan fingerprint density at radius 2 is 1.00 bits per heavy atom. The molecule has 0 spiro atoms. The quantitative estimate of drug-likeness (QED) is 0.179. The van der Waals surface area contributed by atoms with Crippen molar-refractivity contribution in [3.8, 4) is 0 Å². The fourth-order valence-electron chi connectivity index (χ4n) is 3.48. The van der Waals surface area contributed by atoms with Gasteiger partial charge in [-0.25, -0.2) is 0 Å². The molecule has 0 unspecified atom stereocenters. The molecule has 4 aromatic carbocycles. The Labute approximate surface area is 258 Å². The van der Waals surface area contributed by atoms with E-state index < -0.39 is 7.92 Å². The molecule has 0 aliphatic heterocycles. The number of nitrogens with one attached hydrogen (secondary N) is 1. The first-order valence-corrected chi connectivity index (χ1v) is 14.4. The minimum Gasteiger partial charge on any atom is -0.792 e. The second-order valence-corrected chi connectivity index (χ2v) is 10.6. The van der Waals surface area contributed by atoms with Crippen molar-refractivity contribution in [1.29, 1.82) is 0 Å². The summed E-state index contributed by atoms with van der Waals surface area (Å²) < 4.78 is 0. The molecule has 5 rings (SSSR count). The molecule has 0 fully saturated rings. The van der Waals surface area contributed by atoms with E-state index in [2.05, 4.69) is 96.3 Å². The van der Waals surface area contributed by atoms with Crippen LogP contribution in [0, 0.1) is 11.3 Å². The van der Waals surface area contributed by atoms with Gasteiger partial charge in [0, 0.05) is 39.8 Å². The van der Waals surface area contributed by atoms with Crippen molar-refractivity contribution in [2.45, 2.75) is 13.0 Å². The summed E-state index contributed by atoms with van der Waals surface area (Å²) in [7, 11) is -0.446. The number of allylic oxidation sites excluding steroid dienone is 4. The van der Waals surface area contributed by atoms with E-state index in [-0.39, 0.29) is 26.3 Å². The predicted molar refractivity (Wildman–Crippen MR) is 170 cm³/mol. The Kier molecular flexibility index (Phi) is 19.8. The van der Waals surface area contributed by atoms with Gasteiger partial charge in [0.05, 0.1) is 0 Å². The minimum atomic E-state index is -0.446. The van der Waals surface area contributed by atoms with E-state index in [1.165, 1.54) is 15.9 Å². The molecule has 1 N–H and O–H groups in total. The van der Waals surface area contributed by atoms with Gasteiger partial charge in [-0.1, -0.05) is 146 Å². The molecule has 40 heavy (non-hydrogen) atoms. The van der Waals surface area contributed by atoms with Gasteiger partial charge in [-0.2, -0.15) is 5.75 Å². The van der Waals surface area contributed by atoms with Gasteiger partial charge in [-0.15, -0.1) is 0 Å². The second kappa shape index (κ2) is 22.7. The van der Waals surface area contributed by atoms with Gasteiger partial charge in [0.2, 0.25) is 5.91 Å². The SMILES string of the molecule is O=C(CC[S-])NCc1ccccc1.[CH]1C=CC=C1.[N-]=O.[Re].c1ccc(P(c2ccccc2)c2ccccc2)cc1. The molecular formula is C33H32N2O2PReS-2. The summed E-state index contributed by atoms with van der Waals surface area (Å²) in [6.45, 7) is 0.592. The molecule has 4 aromatic rings. The summed E-state index contributed by atoms with van der Waals surface area (Å²) in [5.41, 5.74) is 6.86. The zero-order chi connectivity index (χ0) is 28.0. The van der Waals surface area contributed by atoms with E-state index in [9.17, 15) is 4.79 Å². The maximum absolute atomic E-state index is 11.0. The Bertz CT molecular complexity index is 1140. The number of rotatable bonds is 7. The van der Waals surface area contributed by atoms with Crippen molar-refractivity contribution in [1.82, 2.24) is 5.32 Å². The van der Waals surface area contributed by atoms with Crippen molar-refractivity contribution < 1.29 is 25.2 Å². The number of nitroso groups, excluding NO2 is 1. The summed E-state index contributed by atoms with van der Waals surface area (Å²) in [5.74, 6) is 0.513. The van der Waals surface area contributed by atoms with Crippen molar-refractivity contribution in [3.05, 3.63) is 168 Å². The van der Waals surface area contributed by atoms with Crippen LogP contribution in [-0.4, -0.2) is 11.7 Å². The van der Waals surface area contributed by atoms with E-state index in [1.807, 2.05) is 61.1 Å². The number of carbonyl (C=O) groups excluding carboxylic acids is 1. The smallest absolute Gasteiger partial charge is 0.218 e. The van der Waals surface area contributed by atoms with Crippen LogP contribution in [0.2, 0.25) is 0 Å². The molecule has 7 heteroatoms. The first kappa shape index (κ1) is 34.9. The monoisotopic (exact) mass is 738 g/mol. The van der Waals surface area contributed by atoms with Crippen LogP contribution in [0.3, 0.4) is 0 Å². The molecule has 0 atom stereocenters. The number of hydrogen-bond donors (Lipinski definition) is 1. The normalized spacial score (nSPS) is 10.4. The maximum Gasteiger partial charge on any atom is 0.218 e. The fraction of sp³-hybridized carbons (Fsp3) is 0.0909. The van der Waals surface area contributed by atoms with Crippen LogP contribution < -0.4 is 21.2 Å². The second-order valence-electron chi connectivity index (χ2n) is 8.02. The predicted octanol–water partition coefficient (Wildman–Crippen LogP) is 6.32. The van der Waals surface area contributed by atoms with Gasteiger partial charge >= 0.3 is 0 Å². The molecule has 4 nitrogen and oxygen atoms in total. The van der Waals surface area contributed by atoms with Gasteiger partial charge in [-0.05, 0) is 29.4 Å². The number of amides is 1. The van der Waals surface area contributed by atoms with Crippen LogP contribution in [0.4, 0.5) is 0 Å². The molecule has 1 aliphatic rings. The van der Waals surface area contributed by atoms with Crippen LogP contribution in [0.5, 0.6) is 0 Å². The van der Waals surface area contributed by atoms with Gasteiger partial charge in [0.1, 0.15) is 0 Å². The van der Waals surface area contributed by atoms with Crippen molar-refractivity contribution in [3.63, 3.8) is 0 Å². The van der Waals surface area contributed by atoms with E-state index >= 15 is 0 Å². The molecule has 0 bridgehead atoms. The van der Waals surface area contributed by atoms with Gasteiger partial charge in [0.25, 0.3) is 0 Å². The molecular weight excluding hydrogens is 706 g/mol. The molecule has 0 heterocycles. The summed E-state index contributed by atoms with van der Waals surface area (Å²) in [6.07, 6.45) is 10.4. The zero-order valence-corrected chi connectivity index (χ0v) is 26.5. The van der Waals surface area contributed by atoms with Crippen LogP contribution in [0.1, 0.15) is 12.0 Å². The zero-order valence-electron chi connectivity index (χ0n) is 22.1. The fourth-order valence-corrected chi connectivity index (χ4v) is 5.97. The van der Waals surface area contributed by atoms with Crippen LogP contribution in [0.25, 0.3) is 5.59 Å². The molecule has 0 saturated carbocycles. The van der Waals surface area contributed by atoms with Gasteiger partial charge in [0.15, 0.2) is 0 Å². The standard InChI is InChI=1S/C18H15P.C10H13NOS.C5H5.NO.Re/c1-4-10-16(11-5-1)19(17-12-6-2-7-13-17)18-14-8-3-9-15-18;12-10(6-7-13)11-8-9-4-2-1-3-5-9;1-2-4-5-3-1;1-2;/h1-15H;1-5,13H,6-8H2,(H,11,12);1-5H;;/q;;;-1;/p-1. The van der Waals surface area contributed by atoms with E-state index in [0.717, 1.165) is 5.56 Å². The topological polar surface area (TPSA) is 68.5 Å². The largest absolute Gasteiger partial charge is 0.792 e. The summed E-state index contributed by atoms with van der Waals surface area (Å²) in [6, 6.07) is 42.1. The first-order valence-electron chi connectivity index (χ1n) is 12.5. The average Bonchev–Trinajstić information content (AvgIpc) is 3.61. The summed E-state index contributed by atoms with van der Waals surface area (Å²) in [4.78, 5) is 18.3. The van der Waals surface area contributed by atoms with Crippen LogP contribution >= 0.6 is 7.92 Å². The van der Waals surface area contributed by atoms with E-state index in [1.54, 1.807) is 0 Å². The molecule has 0 aromatic heterocycles. The van der Waals surface area contributed by atoms with E-state index in [0.29, 0.717) is 18.7 Å². The molecule has 2 radical (unpaired) electrons. The summed E-state index contributed by atoms with van der Waals surface area (Å²) >= 11 is 4.70. The molecule has 1 aliphatic carbocycles. The van der Waals surface area contributed by atoms with Crippen molar-refractivity contribution in [2.24, 2.45) is 0 Å². The summed E-state index contributed by atoms with van der Waals surface area (Å²) in [5, 5.41) is 6.99. The van der Waals surface area contributed by atoms with Crippen LogP contribution in [0.15, 0.2) is 146 Å².